The Morgan fingerprint density at radius 1 is 0.846 bits per heavy atom. The molecular weight excluding hydrogens is 196 g/mol. The van der Waals surface area contributed by atoms with E-state index < -0.39 is 10.0 Å². The van der Waals surface area contributed by atoms with Crippen LogP contribution in [0.15, 0.2) is 0 Å². The predicted octanol–water partition coefficient (Wildman–Crippen LogP) is -1.64. The van der Waals surface area contributed by atoms with Crippen LogP contribution in [0.1, 0.15) is 0 Å². The number of carbonyl (C=O) groups excluding carboxylic acids is 2. The highest BCUT2D eigenvalue weighted by Crippen LogP contribution is 1.77. The molecule has 0 aromatic carbocycles. The Morgan fingerprint density at radius 2 is 1.31 bits per heavy atom. The zero-order valence-electron chi connectivity index (χ0n) is 7.14. The van der Waals surface area contributed by atoms with Gasteiger partial charge in [0.25, 0.3) is 12.9 Å². The van der Waals surface area contributed by atoms with Gasteiger partial charge in [0, 0.05) is 0 Å². The second-order valence-corrected chi connectivity index (χ2v) is 2.92. The first kappa shape index (κ1) is 12.1. The fourth-order valence-corrected chi connectivity index (χ4v) is 1.08. The standard InChI is InChI=1S/C6H12O6Si/c7-5-9-1-3-11-13-12-4-2-10-6-8/h5-6H,1-4,13H2. The third kappa shape index (κ3) is 11.1. The van der Waals surface area contributed by atoms with Crippen molar-refractivity contribution in [2.75, 3.05) is 26.4 Å². The zero-order chi connectivity index (χ0) is 9.78. The lowest BCUT2D eigenvalue weighted by Crippen LogP contribution is -2.12. The van der Waals surface area contributed by atoms with Gasteiger partial charge >= 0.3 is 10.0 Å². The van der Waals surface area contributed by atoms with E-state index in [4.69, 9.17) is 8.85 Å². The molecular formula is C6H12O6Si. The summed E-state index contributed by atoms with van der Waals surface area (Å²) < 4.78 is 18.7. The molecule has 0 aliphatic rings. The molecule has 0 aliphatic heterocycles. The van der Waals surface area contributed by atoms with Gasteiger partial charge in [0.1, 0.15) is 13.2 Å². The van der Waals surface area contributed by atoms with E-state index in [0.717, 1.165) is 0 Å². The van der Waals surface area contributed by atoms with Gasteiger partial charge in [-0.25, -0.2) is 0 Å². The van der Waals surface area contributed by atoms with E-state index in [0.29, 0.717) is 26.2 Å². The molecule has 0 bridgehead atoms. The quantitative estimate of drug-likeness (QED) is 0.244. The normalized spacial score (nSPS) is 9.23. The molecule has 0 heterocycles. The maximum Gasteiger partial charge on any atom is 0.304 e. The van der Waals surface area contributed by atoms with Crippen LogP contribution in [0, 0.1) is 0 Å². The van der Waals surface area contributed by atoms with Crippen molar-refractivity contribution in [2.45, 2.75) is 0 Å². The van der Waals surface area contributed by atoms with Crippen molar-refractivity contribution < 1.29 is 27.9 Å². The summed E-state index contributed by atoms with van der Waals surface area (Å²) in [5, 5.41) is 0. The summed E-state index contributed by atoms with van der Waals surface area (Å²) in [6.45, 7) is 1.90. The van der Waals surface area contributed by atoms with Crippen LogP contribution in [0.2, 0.25) is 0 Å². The van der Waals surface area contributed by atoms with Crippen molar-refractivity contribution in [1.29, 1.82) is 0 Å². The first-order valence-corrected chi connectivity index (χ1v) is 4.83. The summed E-state index contributed by atoms with van der Waals surface area (Å²) in [4.78, 5) is 19.3. The third-order valence-corrected chi connectivity index (χ3v) is 1.90. The first-order valence-electron chi connectivity index (χ1n) is 3.67. The van der Waals surface area contributed by atoms with Gasteiger partial charge in [0.2, 0.25) is 0 Å². The predicted molar refractivity (Wildman–Crippen MR) is 44.5 cm³/mol. The average molecular weight is 208 g/mol. The minimum atomic E-state index is -1.04. The molecule has 0 atom stereocenters. The van der Waals surface area contributed by atoms with Crippen molar-refractivity contribution in [1.82, 2.24) is 0 Å². The molecule has 0 rings (SSSR count). The molecule has 0 radical (unpaired) electrons. The van der Waals surface area contributed by atoms with E-state index in [1.807, 2.05) is 0 Å². The number of hydrogen-bond donors (Lipinski definition) is 0. The molecule has 0 amide bonds. The lowest BCUT2D eigenvalue weighted by Gasteiger charge is -2.03. The molecule has 0 aromatic rings. The van der Waals surface area contributed by atoms with Gasteiger partial charge in [-0.15, -0.1) is 0 Å². The van der Waals surface area contributed by atoms with Crippen molar-refractivity contribution in [3.63, 3.8) is 0 Å². The van der Waals surface area contributed by atoms with Crippen LogP contribution in [0.5, 0.6) is 0 Å². The van der Waals surface area contributed by atoms with Crippen LogP contribution < -0.4 is 0 Å². The number of carbonyl (C=O) groups is 2. The van der Waals surface area contributed by atoms with Gasteiger partial charge in [-0.3, -0.25) is 9.59 Å². The van der Waals surface area contributed by atoms with E-state index >= 15 is 0 Å². The summed E-state index contributed by atoms with van der Waals surface area (Å²) in [6.07, 6.45) is 0. The summed E-state index contributed by atoms with van der Waals surface area (Å²) in [7, 11) is -1.04. The fraction of sp³-hybridized carbons (Fsp3) is 0.667. The van der Waals surface area contributed by atoms with Crippen LogP contribution in [-0.2, 0) is 27.9 Å². The van der Waals surface area contributed by atoms with Crippen LogP contribution in [-0.4, -0.2) is 49.4 Å². The SMILES string of the molecule is O=COCCO[SiH2]OCCOC=O. The Hall–Kier alpha value is -0.923. The van der Waals surface area contributed by atoms with Crippen LogP contribution in [0.3, 0.4) is 0 Å². The highest BCUT2D eigenvalue weighted by molar-refractivity contribution is 6.17. The van der Waals surface area contributed by atoms with Crippen molar-refractivity contribution in [3.05, 3.63) is 0 Å². The van der Waals surface area contributed by atoms with Crippen LogP contribution >= 0.6 is 0 Å². The second-order valence-electron chi connectivity index (χ2n) is 1.87. The minimum Gasteiger partial charge on any atom is -0.466 e. The van der Waals surface area contributed by atoms with Gasteiger partial charge < -0.3 is 18.3 Å². The second kappa shape index (κ2) is 11.1. The van der Waals surface area contributed by atoms with Gasteiger partial charge in [-0.2, -0.15) is 0 Å². The molecule has 0 fully saturated rings. The van der Waals surface area contributed by atoms with Gasteiger partial charge in [0.15, 0.2) is 0 Å². The first-order chi connectivity index (χ1) is 6.41. The lowest BCUT2D eigenvalue weighted by atomic mass is 10.8. The van der Waals surface area contributed by atoms with E-state index in [1.165, 1.54) is 0 Å². The Kier molecular flexibility index (Phi) is 10.3. The van der Waals surface area contributed by atoms with Crippen molar-refractivity contribution in [2.24, 2.45) is 0 Å². The summed E-state index contributed by atoms with van der Waals surface area (Å²) in [5.74, 6) is 0. The monoisotopic (exact) mass is 208 g/mol. The molecule has 0 saturated carbocycles. The largest absolute Gasteiger partial charge is 0.466 e. The molecule has 0 saturated heterocycles. The molecule has 13 heavy (non-hydrogen) atoms. The van der Waals surface area contributed by atoms with Crippen LogP contribution in [0.4, 0.5) is 0 Å². The Morgan fingerprint density at radius 3 is 1.69 bits per heavy atom. The number of rotatable bonds is 10. The maximum absolute atomic E-state index is 9.66. The molecule has 7 heteroatoms. The molecule has 0 aliphatic carbocycles. The fourth-order valence-electron chi connectivity index (χ4n) is 0.487. The van der Waals surface area contributed by atoms with E-state index in [1.54, 1.807) is 0 Å². The highest BCUT2D eigenvalue weighted by atomic mass is 28.3. The molecule has 0 N–H and O–H groups in total. The smallest absolute Gasteiger partial charge is 0.304 e. The highest BCUT2D eigenvalue weighted by Gasteiger charge is 1.90. The summed E-state index contributed by atoms with van der Waals surface area (Å²) >= 11 is 0. The maximum atomic E-state index is 9.66. The number of ether oxygens (including phenoxy) is 2. The van der Waals surface area contributed by atoms with Gasteiger partial charge in [-0.05, 0) is 0 Å². The summed E-state index contributed by atoms with van der Waals surface area (Å²) in [5.41, 5.74) is 0. The number of hydrogen-bond acceptors (Lipinski definition) is 6. The zero-order valence-corrected chi connectivity index (χ0v) is 8.55. The van der Waals surface area contributed by atoms with E-state index in [2.05, 4.69) is 9.47 Å². The van der Waals surface area contributed by atoms with Crippen molar-refractivity contribution in [3.8, 4) is 0 Å². The Labute approximate surface area is 78.2 Å². The summed E-state index contributed by atoms with van der Waals surface area (Å²) in [6, 6.07) is 0. The molecule has 0 spiro atoms. The Bertz CT molecular complexity index is 116. The Balaban J connectivity index is 2.83. The van der Waals surface area contributed by atoms with Crippen LogP contribution in [0.25, 0.3) is 0 Å². The molecule has 0 aromatic heterocycles. The van der Waals surface area contributed by atoms with Crippen molar-refractivity contribution >= 4 is 23.0 Å². The molecule has 76 valence electrons. The van der Waals surface area contributed by atoms with Gasteiger partial charge in [0.05, 0.1) is 13.2 Å². The lowest BCUT2D eigenvalue weighted by molar-refractivity contribution is -0.129. The third-order valence-electron chi connectivity index (χ3n) is 0.994. The van der Waals surface area contributed by atoms with E-state index in [9.17, 15) is 9.59 Å². The van der Waals surface area contributed by atoms with Gasteiger partial charge in [-0.1, -0.05) is 0 Å². The molecule has 0 unspecified atom stereocenters. The van der Waals surface area contributed by atoms with E-state index in [-0.39, 0.29) is 13.2 Å². The molecule has 6 nitrogen and oxygen atoms in total. The average Bonchev–Trinajstić information content (AvgIpc) is 2.16. The minimum absolute atomic E-state index is 0.241. The topological polar surface area (TPSA) is 71.1 Å².